The summed E-state index contributed by atoms with van der Waals surface area (Å²) in [7, 11) is 1.80. The van der Waals surface area contributed by atoms with Crippen molar-refractivity contribution in [3.05, 3.63) is 23.8 Å². The van der Waals surface area contributed by atoms with Gasteiger partial charge in [0.1, 0.15) is 0 Å². The summed E-state index contributed by atoms with van der Waals surface area (Å²) in [6, 6.07) is 4.80. The van der Waals surface area contributed by atoms with Crippen molar-refractivity contribution in [2.45, 2.75) is 33.7 Å². The van der Waals surface area contributed by atoms with Crippen molar-refractivity contribution >= 4 is 11.7 Å². The van der Waals surface area contributed by atoms with Crippen LogP contribution in [0.2, 0.25) is 0 Å². The first kappa shape index (κ1) is 17.3. The van der Waals surface area contributed by atoms with Gasteiger partial charge in [0.25, 0.3) is 0 Å². The largest absolute Gasteiger partial charge is 0.454 e. The number of carbonyl (C=O) groups is 2. The molecule has 1 aliphatic heterocycles. The second kappa shape index (κ2) is 6.58. The zero-order valence-electron chi connectivity index (χ0n) is 14.3. The van der Waals surface area contributed by atoms with E-state index in [1.807, 2.05) is 27.7 Å². The molecule has 0 aromatic heterocycles. The normalized spacial score (nSPS) is 14.7. The maximum absolute atomic E-state index is 12.6. The third-order valence-corrected chi connectivity index (χ3v) is 3.87. The molecule has 0 saturated heterocycles. The quantitative estimate of drug-likeness (QED) is 0.664. The maximum Gasteiger partial charge on any atom is 0.231 e. The molecule has 126 valence electrons. The Balaban J connectivity index is 1.97. The Hall–Kier alpha value is -2.08. The highest BCUT2D eigenvalue weighted by Gasteiger charge is 2.25. The summed E-state index contributed by atoms with van der Waals surface area (Å²) in [5.74, 6) is 1.16. The number of hydrogen-bond acceptors (Lipinski definition) is 5. The monoisotopic (exact) mass is 320 g/mol. The molecule has 0 aliphatic carbocycles. The van der Waals surface area contributed by atoms with Gasteiger partial charge in [-0.15, -0.1) is 0 Å². The number of ketones is 1. The number of fused-ring (bicyclic) bond motifs is 1. The third-order valence-electron chi connectivity index (χ3n) is 3.87. The van der Waals surface area contributed by atoms with Gasteiger partial charge in [-0.25, -0.2) is 0 Å². The van der Waals surface area contributed by atoms with E-state index in [9.17, 15) is 9.59 Å². The summed E-state index contributed by atoms with van der Waals surface area (Å²) in [5.41, 5.74) is 0.113. The van der Waals surface area contributed by atoms with Gasteiger partial charge in [0.2, 0.25) is 12.7 Å². The van der Waals surface area contributed by atoms with E-state index in [1.54, 1.807) is 30.1 Å². The standard InChI is InChI=1S/C17H24N2O4/c1-11(19(5)9-18-16(21)17(2,3)4)15(20)12-6-7-13-14(8-12)23-10-22-13/h6-8,11H,9-10H2,1-5H3,(H,18,21). The number of benzene rings is 1. The van der Waals surface area contributed by atoms with Crippen LogP contribution in [0.3, 0.4) is 0 Å². The lowest BCUT2D eigenvalue weighted by molar-refractivity contribution is -0.129. The second-order valence-electron chi connectivity index (χ2n) is 6.78. The molecule has 1 N–H and O–H groups in total. The molecule has 2 rings (SSSR count). The van der Waals surface area contributed by atoms with Gasteiger partial charge in [0.15, 0.2) is 17.3 Å². The van der Waals surface area contributed by atoms with Crippen LogP contribution in [0, 0.1) is 5.41 Å². The summed E-state index contributed by atoms with van der Waals surface area (Å²) in [5, 5.41) is 2.84. The highest BCUT2D eigenvalue weighted by atomic mass is 16.7. The number of rotatable bonds is 5. The lowest BCUT2D eigenvalue weighted by Crippen LogP contribution is -2.46. The molecule has 0 bridgehead atoms. The summed E-state index contributed by atoms with van der Waals surface area (Å²) in [4.78, 5) is 26.3. The Labute approximate surface area is 136 Å². The zero-order chi connectivity index (χ0) is 17.2. The minimum absolute atomic E-state index is 0.0317. The molecule has 0 spiro atoms. The number of ether oxygens (including phenoxy) is 2. The Kier molecular flexibility index (Phi) is 4.94. The van der Waals surface area contributed by atoms with E-state index in [0.717, 1.165) is 0 Å². The van der Waals surface area contributed by atoms with Crippen LogP contribution in [-0.4, -0.2) is 43.1 Å². The van der Waals surface area contributed by atoms with Crippen molar-refractivity contribution in [3.63, 3.8) is 0 Å². The van der Waals surface area contributed by atoms with E-state index in [4.69, 9.17) is 9.47 Å². The van der Waals surface area contributed by atoms with Gasteiger partial charge in [-0.05, 0) is 32.2 Å². The SMILES string of the molecule is CC(C(=O)c1ccc2c(c1)OCO2)N(C)CNC(=O)C(C)(C)C. The van der Waals surface area contributed by atoms with Gasteiger partial charge in [0.05, 0.1) is 12.7 Å². The second-order valence-corrected chi connectivity index (χ2v) is 6.78. The van der Waals surface area contributed by atoms with Gasteiger partial charge < -0.3 is 14.8 Å². The highest BCUT2D eigenvalue weighted by Crippen LogP contribution is 2.32. The highest BCUT2D eigenvalue weighted by molar-refractivity contribution is 6.00. The van der Waals surface area contributed by atoms with Crippen LogP contribution in [0.15, 0.2) is 18.2 Å². The van der Waals surface area contributed by atoms with E-state index >= 15 is 0 Å². The Bertz CT molecular complexity index is 607. The minimum Gasteiger partial charge on any atom is -0.454 e. The van der Waals surface area contributed by atoms with E-state index < -0.39 is 5.41 Å². The lowest BCUT2D eigenvalue weighted by Gasteiger charge is -2.26. The smallest absolute Gasteiger partial charge is 0.231 e. The van der Waals surface area contributed by atoms with Crippen LogP contribution in [0.25, 0.3) is 0 Å². The van der Waals surface area contributed by atoms with Crippen molar-refractivity contribution in [1.82, 2.24) is 10.2 Å². The zero-order valence-corrected chi connectivity index (χ0v) is 14.3. The molecule has 1 aromatic rings. The van der Waals surface area contributed by atoms with E-state index in [-0.39, 0.29) is 24.5 Å². The number of amides is 1. The molecular formula is C17H24N2O4. The first-order chi connectivity index (χ1) is 10.7. The van der Waals surface area contributed by atoms with Crippen LogP contribution in [0.1, 0.15) is 38.1 Å². The fourth-order valence-electron chi connectivity index (χ4n) is 2.09. The number of nitrogens with one attached hydrogen (secondary N) is 1. The Morgan fingerprint density at radius 3 is 2.57 bits per heavy atom. The number of Topliss-reactive ketones (excluding diaryl/α,β-unsaturated/α-hetero) is 1. The molecule has 6 nitrogen and oxygen atoms in total. The molecular weight excluding hydrogens is 296 g/mol. The van der Waals surface area contributed by atoms with Crippen LogP contribution < -0.4 is 14.8 Å². The van der Waals surface area contributed by atoms with Crippen LogP contribution in [0.4, 0.5) is 0 Å². The molecule has 1 aliphatic rings. The van der Waals surface area contributed by atoms with Gasteiger partial charge in [-0.3, -0.25) is 14.5 Å². The fourth-order valence-corrected chi connectivity index (χ4v) is 2.09. The molecule has 0 saturated carbocycles. The van der Waals surface area contributed by atoms with Gasteiger partial charge in [-0.1, -0.05) is 20.8 Å². The summed E-state index contributed by atoms with van der Waals surface area (Å²) in [6.45, 7) is 7.86. The predicted molar refractivity (Wildman–Crippen MR) is 86.6 cm³/mol. The molecule has 6 heteroatoms. The van der Waals surface area contributed by atoms with Crippen LogP contribution in [0.5, 0.6) is 11.5 Å². The van der Waals surface area contributed by atoms with Gasteiger partial charge in [0, 0.05) is 11.0 Å². The van der Waals surface area contributed by atoms with Crippen molar-refractivity contribution in [2.75, 3.05) is 20.5 Å². The van der Waals surface area contributed by atoms with Crippen molar-refractivity contribution in [3.8, 4) is 11.5 Å². The summed E-state index contributed by atoms with van der Waals surface area (Å²) < 4.78 is 10.5. The Morgan fingerprint density at radius 2 is 1.91 bits per heavy atom. The van der Waals surface area contributed by atoms with E-state index in [2.05, 4.69) is 5.32 Å². The maximum atomic E-state index is 12.6. The number of carbonyl (C=O) groups excluding carboxylic acids is 2. The molecule has 23 heavy (non-hydrogen) atoms. The van der Waals surface area contributed by atoms with Crippen molar-refractivity contribution < 1.29 is 19.1 Å². The average molecular weight is 320 g/mol. The number of hydrogen-bond donors (Lipinski definition) is 1. The summed E-state index contributed by atoms with van der Waals surface area (Å²) >= 11 is 0. The van der Waals surface area contributed by atoms with Gasteiger partial charge >= 0.3 is 0 Å². The molecule has 1 aromatic carbocycles. The number of likely N-dealkylation sites (N-methyl/N-ethyl adjacent to an activating group) is 1. The topological polar surface area (TPSA) is 67.9 Å². The molecule has 1 amide bonds. The van der Waals surface area contributed by atoms with Gasteiger partial charge in [-0.2, -0.15) is 0 Å². The van der Waals surface area contributed by atoms with Crippen molar-refractivity contribution in [1.29, 1.82) is 0 Å². The first-order valence-corrected chi connectivity index (χ1v) is 7.62. The minimum atomic E-state index is -0.453. The summed E-state index contributed by atoms with van der Waals surface area (Å²) in [6.07, 6.45) is 0. The van der Waals surface area contributed by atoms with E-state index in [1.165, 1.54) is 0 Å². The molecule has 1 unspecified atom stereocenters. The predicted octanol–water partition coefficient (Wildman–Crippen LogP) is 2.04. The third kappa shape index (κ3) is 4.01. The van der Waals surface area contributed by atoms with Crippen LogP contribution in [-0.2, 0) is 4.79 Å². The molecule has 0 fully saturated rings. The molecule has 1 atom stereocenters. The van der Waals surface area contributed by atoms with E-state index in [0.29, 0.717) is 23.7 Å². The number of nitrogens with zero attached hydrogens (tertiary/aromatic N) is 1. The average Bonchev–Trinajstić information content (AvgIpc) is 2.97. The lowest BCUT2D eigenvalue weighted by atomic mass is 9.96. The molecule has 0 radical (unpaired) electrons. The van der Waals surface area contributed by atoms with Crippen molar-refractivity contribution in [2.24, 2.45) is 5.41 Å². The Morgan fingerprint density at radius 1 is 1.26 bits per heavy atom. The first-order valence-electron chi connectivity index (χ1n) is 7.62. The fraction of sp³-hybridized carbons (Fsp3) is 0.529. The van der Waals surface area contributed by atoms with Crippen LogP contribution >= 0.6 is 0 Å². The molecule has 1 heterocycles.